The maximum Gasteiger partial charge on any atom is 0.331 e. The highest BCUT2D eigenvalue weighted by molar-refractivity contribution is 5.90. The van der Waals surface area contributed by atoms with Crippen molar-refractivity contribution in [2.45, 2.75) is 162 Å². The first-order valence-corrected chi connectivity index (χ1v) is 14.7. The van der Waals surface area contributed by atoms with Crippen LogP contribution in [0.1, 0.15) is 156 Å². The standard InChI is InChI=1S/C30H56O4/c1-4-7-9-10-11-12-13-14-15-16-17-18-19-20-21-22-24-28(27(6-3)23-8-5-2)34-30(33)26-25-29(31)32/h25-28H,4-24H2,1-3H3,(H,31,32)/b26-25+. The number of aliphatic carboxylic acids is 1. The van der Waals surface area contributed by atoms with Gasteiger partial charge in [-0.25, -0.2) is 9.59 Å². The van der Waals surface area contributed by atoms with Crippen LogP contribution in [0.15, 0.2) is 12.2 Å². The van der Waals surface area contributed by atoms with Crippen LogP contribution in [0.5, 0.6) is 0 Å². The highest BCUT2D eigenvalue weighted by atomic mass is 16.5. The van der Waals surface area contributed by atoms with Crippen molar-refractivity contribution in [2.75, 3.05) is 0 Å². The molecule has 0 fully saturated rings. The van der Waals surface area contributed by atoms with Gasteiger partial charge >= 0.3 is 11.9 Å². The van der Waals surface area contributed by atoms with E-state index in [9.17, 15) is 9.59 Å². The largest absolute Gasteiger partial charge is 0.478 e. The van der Waals surface area contributed by atoms with Crippen molar-refractivity contribution in [3.63, 3.8) is 0 Å². The molecule has 0 aliphatic heterocycles. The summed E-state index contributed by atoms with van der Waals surface area (Å²) in [6.45, 7) is 6.61. The van der Waals surface area contributed by atoms with Crippen LogP contribution < -0.4 is 0 Å². The highest BCUT2D eigenvalue weighted by Crippen LogP contribution is 2.25. The number of esters is 1. The number of unbranched alkanes of at least 4 members (excludes halogenated alkanes) is 16. The molecule has 0 saturated heterocycles. The average Bonchev–Trinajstić information content (AvgIpc) is 2.82. The number of hydrogen-bond acceptors (Lipinski definition) is 3. The van der Waals surface area contributed by atoms with Crippen LogP contribution in [0.25, 0.3) is 0 Å². The second-order valence-corrected chi connectivity index (χ2v) is 10.0. The van der Waals surface area contributed by atoms with Crippen molar-refractivity contribution in [3.8, 4) is 0 Å². The zero-order chi connectivity index (χ0) is 25.3. The first-order chi connectivity index (χ1) is 16.5. The van der Waals surface area contributed by atoms with Gasteiger partial charge in [-0.2, -0.15) is 0 Å². The fourth-order valence-electron chi connectivity index (χ4n) is 4.73. The second kappa shape index (κ2) is 24.8. The van der Waals surface area contributed by atoms with Gasteiger partial charge in [0.2, 0.25) is 0 Å². The summed E-state index contributed by atoms with van der Waals surface area (Å²) >= 11 is 0. The lowest BCUT2D eigenvalue weighted by atomic mass is 9.90. The third-order valence-corrected chi connectivity index (χ3v) is 6.95. The molecule has 0 aromatic carbocycles. The summed E-state index contributed by atoms with van der Waals surface area (Å²) < 4.78 is 5.69. The minimum absolute atomic E-state index is 0.103. The molecular formula is C30H56O4. The van der Waals surface area contributed by atoms with Crippen molar-refractivity contribution < 1.29 is 19.4 Å². The molecule has 0 radical (unpaired) electrons. The predicted molar refractivity (Wildman–Crippen MR) is 144 cm³/mol. The number of carbonyl (C=O) groups is 2. The third kappa shape index (κ3) is 21.2. The fraction of sp³-hybridized carbons (Fsp3) is 0.867. The number of carboxylic acids is 1. The van der Waals surface area contributed by atoms with Gasteiger partial charge in [-0.15, -0.1) is 0 Å². The molecule has 4 nitrogen and oxygen atoms in total. The molecule has 1 N–H and O–H groups in total. The highest BCUT2D eigenvalue weighted by Gasteiger charge is 2.22. The Balaban J connectivity index is 3.92. The Kier molecular flexibility index (Phi) is 23.8. The van der Waals surface area contributed by atoms with Crippen LogP contribution in [-0.4, -0.2) is 23.1 Å². The number of rotatable bonds is 25. The lowest BCUT2D eigenvalue weighted by Crippen LogP contribution is -2.26. The molecule has 200 valence electrons. The molecule has 0 aromatic rings. The quantitative estimate of drug-likeness (QED) is 0.0802. The molecule has 0 bridgehead atoms. The molecule has 4 heteroatoms. The lowest BCUT2D eigenvalue weighted by molar-refractivity contribution is -0.147. The molecule has 0 amide bonds. The van der Waals surface area contributed by atoms with Crippen LogP contribution in [0, 0.1) is 5.92 Å². The summed E-state index contributed by atoms with van der Waals surface area (Å²) in [5.41, 5.74) is 0. The van der Waals surface area contributed by atoms with Gasteiger partial charge in [0.25, 0.3) is 0 Å². The second-order valence-electron chi connectivity index (χ2n) is 10.0. The maximum absolute atomic E-state index is 12.1. The van der Waals surface area contributed by atoms with Gasteiger partial charge in [0.1, 0.15) is 6.10 Å². The van der Waals surface area contributed by atoms with Gasteiger partial charge in [0.05, 0.1) is 0 Å². The third-order valence-electron chi connectivity index (χ3n) is 6.95. The molecule has 0 aromatic heterocycles. The van der Waals surface area contributed by atoms with Gasteiger partial charge < -0.3 is 9.84 Å². The summed E-state index contributed by atoms with van der Waals surface area (Å²) in [7, 11) is 0. The maximum atomic E-state index is 12.1. The Hall–Kier alpha value is -1.32. The van der Waals surface area contributed by atoms with E-state index in [4.69, 9.17) is 9.84 Å². The fourth-order valence-corrected chi connectivity index (χ4v) is 4.73. The molecule has 0 saturated carbocycles. The summed E-state index contributed by atoms with van der Waals surface area (Å²) in [5, 5.41) is 8.73. The Bertz CT molecular complexity index is 500. The van der Waals surface area contributed by atoms with Crippen molar-refractivity contribution >= 4 is 11.9 Å². The zero-order valence-electron chi connectivity index (χ0n) is 22.8. The molecule has 0 aliphatic carbocycles. The van der Waals surface area contributed by atoms with E-state index in [1.165, 1.54) is 96.3 Å². The first-order valence-electron chi connectivity index (χ1n) is 14.7. The van der Waals surface area contributed by atoms with Gasteiger partial charge in [-0.3, -0.25) is 0 Å². The van der Waals surface area contributed by atoms with Crippen LogP contribution in [0.3, 0.4) is 0 Å². The Labute approximate surface area is 211 Å². The van der Waals surface area contributed by atoms with E-state index < -0.39 is 11.9 Å². The lowest BCUT2D eigenvalue weighted by Gasteiger charge is -2.26. The average molecular weight is 481 g/mol. The normalized spacial score (nSPS) is 13.3. The van der Waals surface area contributed by atoms with E-state index in [0.29, 0.717) is 5.92 Å². The van der Waals surface area contributed by atoms with E-state index in [-0.39, 0.29) is 6.10 Å². The van der Waals surface area contributed by atoms with Crippen LogP contribution in [0.2, 0.25) is 0 Å². The van der Waals surface area contributed by atoms with Crippen molar-refractivity contribution in [1.82, 2.24) is 0 Å². The smallest absolute Gasteiger partial charge is 0.331 e. The molecule has 34 heavy (non-hydrogen) atoms. The zero-order valence-corrected chi connectivity index (χ0v) is 22.8. The number of ether oxygens (including phenoxy) is 1. The summed E-state index contributed by atoms with van der Waals surface area (Å²) in [4.78, 5) is 22.7. The minimum atomic E-state index is -1.12. The predicted octanol–water partition coefficient (Wildman–Crippen LogP) is 9.41. The van der Waals surface area contributed by atoms with E-state index in [1.807, 2.05) is 0 Å². The van der Waals surface area contributed by atoms with E-state index in [2.05, 4.69) is 20.8 Å². The monoisotopic (exact) mass is 480 g/mol. The Morgan fingerprint density at radius 1 is 0.618 bits per heavy atom. The molecule has 0 aliphatic rings. The summed E-state index contributed by atoms with van der Waals surface area (Å²) in [5.74, 6) is -1.29. The van der Waals surface area contributed by atoms with Gasteiger partial charge in [0.15, 0.2) is 0 Å². The van der Waals surface area contributed by atoms with Crippen molar-refractivity contribution in [2.24, 2.45) is 5.92 Å². The van der Waals surface area contributed by atoms with E-state index in [0.717, 1.165) is 50.7 Å². The first kappa shape index (κ1) is 32.7. The summed E-state index contributed by atoms with van der Waals surface area (Å²) in [6.07, 6.45) is 28.5. The van der Waals surface area contributed by atoms with E-state index in [1.54, 1.807) is 0 Å². The van der Waals surface area contributed by atoms with E-state index >= 15 is 0 Å². The van der Waals surface area contributed by atoms with Crippen LogP contribution in [-0.2, 0) is 14.3 Å². The number of carbonyl (C=O) groups excluding carboxylic acids is 1. The summed E-state index contributed by atoms with van der Waals surface area (Å²) in [6, 6.07) is 0. The van der Waals surface area contributed by atoms with Crippen LogP contribution in [0.4, 0.5) is 0 Å². The van der Waals surface area contributed by atoms with Gasteiger partial charge in [-0.05, 0) is 31.6 Å². The van der Waals surface area contributed by atoms with Crippen molar-refractivity contribution in [3.05, 3.63) is 12.2 Å². The molecular weight excluding hydrogens is 424 g/mol. The van der Waals surface area contributed by atoms with Crippen molar-refractivity contribution in [1.29, 1.82) is 0 Å². The molecule has 0 rings (SSSR count). The minimum Gasteiger partial charge on any atom is -0.478 e. The van der Waals surface area contributed by atoms with Gasteiger partial charge in [0, 0.05) is 12.2 Å². The topological polar surface area (TPSA) is 63.6 Å². The number of hydrogen-bond donors (Lipinski definition) is 1. The number of carboxylic acid groups (broad SMARTS) is 1. The SMILES string of the molecule is CCCCCCCCCCCCCCCCCCC(OC(=O)/C=C/C(=O)O)C(CC)CCCC. The molecule has 2 atom stereocenters. The van der Waals surface area contributed by atoms with Crippen LogP contribution >= 0.6 is 0 Å². The molecule has 0 spiro atoms. The molecule has 0 heterocycles. The Morgan fingerprint density at radius 3 is 1.47 bits per heavy atom. The molecule has 2 unspecified atom stereocenters. The van der Waals surface area contributed by atoms with Gasteiger partial charge in [-0.1, -0.05) is 130 Å². The Morgan fingerprint density at radius 2 is 1.06 bits per heavy atom.